The third kappa shape index (κ3) is 4.79. The predicted molar refractivity (Wildman–Crippen MR) is 102 cm³/mol. The molecule has 0 spiro atoms. The van der Waals surface area contributed by atoms with Crippen LogP contribution in [0.4, 0.5) is 0 Å². The summed E-state index contributed by atoms with van der Waals surface area (Å²) in [6, 6.07) is 8.07. The van der Waals surface area contributed by atoms with E-state index in [2.05, 4.69) is 59.9 Å². The van der Waals surface area contributed by atoms with Gasteiger partial charge in [-0.05, 0) is 44.9 Å². The van der Waals surface area contributed by atoms with Gasteiger partial charge in [0.05, 0.1) is 10.5 Å². The average Bonchev–Trinajstić information content (AvgIpc) is 2.39. The Morgan fingerprint density at radius 1 is 1.10 bits per heavy atom. The molecule has 0 bridgehead atoms. The van der Waals surface area contributed by atoms with Gasteiger partial charge in [0.25, 0.3) is 0 Å². The zero-order chi connectivity index (χ0) is 16.3. The molecule has 6 heteroatoms. The molecular formula is C15H21Br3O2S. The molecule has 0 amide bonds. The number of halogens is 3. The number of benzene rings is 1. The molecule has 0 fully saturated rings. The molecule has 1 aromatic rings. The molecule has 1 rings (SSSR count). The monoisotopic (exact) mass is 502 g/mol. The van der Waals surface area contributed by atoms with Gasteiger partial charge in [-0.2, -0.15) is 0 Å². The molecular weight excluding hydrogens is 484 g/mol. The van der Waals surface area contributed by atoms with Gasteiger partial charge in [-0.15, -0.1) is 0 Å². The van der Waals surface area contributed by atoms with Crippen molar-refractivity contribution in [2.45, 2.75) is 37.4 Å². The average molecular weight is 505 g/mol. The highest BCUT2D eigenvalue weighted by Crippen LogP contribution is 2.35. The Morgan fingerprint density at radius 3 is 2.10 bits per heavy atom. The Bertz CT molecular complexity index is 573. The minimum Gasteiger partial charge on any atom is -0.228 e. The van der Waals surface area contributed by atoms with E-state index in [4.69, 9.17) is 0 Å². The molecule has 0 aliphatic heterocycles. The number of rotatable bonds is 6. The SMILES string of the molecule is CC(C)(C)S(=O)(=O)CCC(CBr)(CBr)c1cccc(Br)c1. The topological polar surface area (TPSA) is 34.1 Å². The minimum atomic E-state index is -3.12. The van der Waals surface area contributed by atoms with Gasteiger partial charge < -0.3 is 0 Å². The zero-order valence-corrected chi connectivity index (χ0v) is 18.1. The zero-order valence-electron chi connectivity index (χ0n) is 12.5. The van der Waals surface area contributed by atoms with E-state index >= 15 is 0 Å². The van der Waals surface area contributed by atoms with Crippen LogP contribution < -0.4 is 0 Å². The third-order valence-electron chi connectivity index (χ3n) is 3.73. The largest absolute Gasteiger partial charge is 0.228 e. The fourth-order valence-corrected chi connectivity index (χ4v) is 5.73. The molecule has 0 aromatic heterocycles. The Hall–Kier alpha value is 0.610. The summed E-state index contributed by atoms with van der Waals surface area (Å²) in [5.74, 6) is 0.181. The summed E-state index contributed by atoms with van der Waals surface area (Å²) in [4.78, 5) is 0. The second-order valence-electron chi connectivity index (χ2n) is 6.24. The molecule has 0 radical (unpaired) electrons. The highest BCUT2D eigenvalue weighted by Gasteiger charge is 2.35. The van der Waals surface area contributed by atoms with E-state index in [-0.39, 0.29) is 11.2 Å². The molecule has 0 unspecified atom stereocenters. The second-order valence-corrected chi connectivity index (χ2v) is 11.1. The van der Waals surface area contributed by atoms with E-state index in [1.54, 1.807) is 20.8 Å². The molecule has 21 heavy (non-hydrogen) atoms. The van der Waals surface area contributed by atoms with Crippen LogP contribution in [0.15, 0.2) is 28.7 Å². The quantitative estimate of drug-likeness (QED) is 0.506. The van der Waals surface area contributed by atoms with Gasteiger partial charge in [-0.3, -0.25) is 0 Å². The lowest BCUT2D eigenvalue weighted by atomic mass is 9.82. The van der Waals surface area contributed by atoms with E-state index in [1.165, 1.54) is 0 Å². The third-order valence-corrected chi connectivity index (χ3v) is 8.98. The van der Waals surface area contributed by atoms with Gasteiger partial charge in [-0.1, -0.05) is 59.9 Å². The predicted octanol–water partition coefficient (Wildman–Crippen LogP) is 5.08. The van der Waals surface area contributed by atoms with Gasteiger partial charge in [-0.25, -0.2) is 8.42 Å². The first-order valence-electron chi connectivity index (χ1n) is 6.68. The van der Waals surface area contributed by atoms with Crippen LogP contribution in [-0.2, 0) is 15.3 Å². The Balaban J connectivity index is 3.09. The number of alkyl halides is 2. The maximum atomic E-state index is 12.4. The lowest BCUT2D eigenvalue weighted by molar-refractivity contribution is 0.511. The van der Waals surface area contributed by atoms with Crippen molar-refractivity contribution in [2.75, 3.05) is 16.4 Å². The fraction of sp³-hybridized carbons (Fsp3) is 0.600. The van der Waals surface area contributed by atoms with E-state index in [1.807, 2.05) is 12.1 Å². The lowest BCUT2D eigenvalue weighted by Gasteiger charge is -2.32. The number of hydrogen-bond donors (Lipinski definition) is 0. The first kappa shape index (κ1) is 19.7. The molecule has 0 aliphatic rings. The lowest BCUT2D eigenvalue weighted by Crippen LogP contribution is -2.37. The molecule has 0 aliphatic carbocycles. The standard InChI is InChI=1S/C15H21Br3O2S/c1-14(2,3)21(19,20)8-7-15(10-16,11-17)12-5-4-6-13(18)9-12/h4-6,9H,7-8,10-11H2,1-3H3. The normalized spacial score (nSPS) is 13.4. The molecule has 0 N–H and O–H groups in total. The van der Waals surface area contributed by atoms with E-state index < -0.39 is 14.6 Å². The van der Waals surface area contributed by atoms with Crippen LogP contribution in [0.25, 0.3) is 0 Å². The van der Waals surface area contributed by atoms with Crippen LogP contribution in [0.3, 0.4) is 0 Å². The van der Waals surface area contributed by atoms with Crippen molar-refractivity contribution < 1.29 is 8.42 Å². The molecule has 2 nitrogen and oxygen atoms in total. The summed E-state index contributed by atoms with van der Waals surface area (Å²) in [6.07, 6.45) is 0.583. The maximum Gasteiger partial charge on any atom is 0.155 e. The molecule has 0 heterocycles. The minimum absolute atomic E-state index is 0.181. The van der Waals surface area contributed by atoms with Crippen LogP contribution in [0.5, 0.6) is 0 Å². The number of hydrogen-bond acceptors (Lipinski definition) is 2. The van der Waals surface area contributed by atoms with Crippen molar-refractivity contribution in [3.05, 3.63) is 34.3 Å². The Kier molecular flexibility index (Phi) is 6.98. The molecule has 0 saturated carbocycles. The summed E-state index contributed by atoms with van der Waals surface area (Å²) >= 11 is 10.6. The van der Waals surface area contributed by atoms with E-state index in [0.717, 1.165) is 10.0 Å². The van der Waals surface area contributed by atoms with Gasteiger partial charge in [0.15, 0.2) is 9.84 Å². The summed E-state index contributed by atoms with van der Waals surface area (Å²) in [5, 5.41) is 1.42. The Morgan fingerprint density at radius 2 is 1.67 bits per heavy atom. The van der Waals surface area contributed by atoms with Crippen molar-refractivity contribution in [1.82, 2.24) is 0 Å². The van der Waals surface area contributed by atoms with Crippen molar-refractivity contribution in [2.24, 2.45) is 0 Å². The van der Waals surface area contributed by atoms with E-state index in [9.17, 15) is 8.42 Å². The van der Waals surface area contributed by atoms with Gasteiger partial charge in [0.1, 0.15) is 0 Å². The highest BCUT2D eigenvalue weighted by molar-refractivity contribution is 9.10. The first-order chi connectivity index (χ1) is 9.58. The highest BCUT2D eigenvalue weighted by atomic mass is 79.9. The molecule has 1 aromatic carbocycles. The van der Waals surface area contributed by atoms with Crippen LogP contribution in [0.2, 0.25) is 0 Å². The van der Waals surface area contributed by atoms with Gasteiger partial charge >= 0.3 is 0 Å². The van der Waals surface area contributed by atoms with E-state index in [0.29, 0.717) is 17.1 Å². The fourth-order valence-electron chi connectivity index (χ4n) is 1.92. The second kappa shape index (κ2) is 7.45. The Labute approximate surface area is 153 Å². The van der Waals surface area contributed by atoms with Crippen LogP contribution in [-0.4, -0.2) is 29.6 Å². The van der Waals surface area contributed by atoms with Crippen molar-refractivity contribution >= 4 is 57.6 Å². The van der Waals surface area contributed by atoms with Gasteiger partial charge in [0.2, 0.25) is 0 Å². The summed E-state index contributed by atoms with van der Waals surface area (Å²) in [6.45, 7) is 5.27. The van der Waals surface area contributed by atoms with Crippen molar-refractivity contribution in [1.29, 1.82) is 0 Å². The van der Waals surface area contributed by atoms with Crippen LogP contribution in [0, 0.1) is 0 Å². The molecule has 0 saturated heterocycles. The van der Waals surface area contributed by atoms with Gasteiger partial charge in [0, 0.05) is 20.5 Å². The smallest absolute Gasteiger partial charge is 0.155 e. The summed E-state index contributed by atoms with van der Waals surface area (Å²) < 4.78 is 25.1. The summed E-state index contributed by atoms with van der Waals surface area (Å²) in [7, 11) is -3.12. The first-order valence-corrected chi connectivity index (χ1v) is 11.4. The maximum absolute atomic E-state index is 12.4. The van der Waals surface area contributed by atoms with Crippen molar-refractivity contribution in [3.63, 3.8) is 0 Å². The number of sulfone groups is 1. The molecule has 120 valence electrons. The molecule has 0 atom stereocenters. The summed E-state index contributed by atoms with van der Waals surface area (Å²) in [5.41, 5.74) is 0.900. The van der Waals surface area contributed by atoms with Crippen LogP contribution >= 0.6 is 47.8 Å². The van der Waals surface area contributed by atoms with Crippen molar-refractivity contribution in [3.8, 4) is 0 Å². The van der Waals surface area contributed by atoms with Crippen LogP contribution in [0.1, 0.15) is 32.8 Å².